The molecule has 2 aromatic rings. The van der Waals surface area contributed by atoms with Gasteiger partial charge in [0.1, 0.15) is 4.88 Å². The van der Waals surface area contributed by atoms with Crippen LogP contribution in [0.15, 0.2) is 23.7 Å². The first-order valence-corrected chi connectivity index (χ1v) is 8.46. The molecule has 1 saturated heterocycles. The monoisotopic (exact) mass is 332 g/mol. The summed E-state index contributed by atoms with van der Waals surface area (Å²) >= 11 is 1.41. The van der Waals surface area contributed by atoms with Gasteiger partial charge in [0, 0.05) is 6.54 Å². The number of nitrogens with zero attached hydrogens (tertiary/aromatic N) is 2. The fraction of sp³-hybridized carbons (Fsp3) is 0.412. The Bertz CT molecular complexity index is 714. The number of ether oxygens (including phenoxy) is 2. The van der Waals surface area contributed by atoms with E-state index in [0.717, 1.165) is 35.5 Å². The van der Waals surface area contributed by atoms with Gasteiger partial charge in [-0.1, -0.05) is 6.07 Å². The molecule has 0 saturated carbocycles. The van der Waals surface area contributed by atoms with Gasteiger partial charge in [0.25, 0.3) is 5.91 Å². The molecule has 1 amide bonds. The van der Waals surface area contributed by atoms with E-state index in [2.05, 4.69) is 4.98 Å². The summed E-state index contributed by atoms with van der Waals surface area (Å²) in [6.07, 6.45) is 1.96. The van der Waals surface area contributed by atoms with Crippen molar-refractivity contribution in [2.24, 2.45) is 0 Å². The molecule has 1 aliphatic rings. The third-order valence-electron chi connectivity index (χ3n) is 4.25. The number of carbonyl (C=O) groups excluding carboxylic acids is 1. The van der Waals surface area contributed by atoms with Gasteiger partial charge in [0.2, 0.25) is 0 Å². The Balaban J connectivity index is 1.90. The van der Waals surface area contributed by atoms with Gasteiger partial charge in [-0.15, -0.1) is 11.3 Å². The number of hydrogen-bond acceptors (Lipinski definition) is 5. The number of likely N-dealkylation sites (tertiary alicyclic amines) is 1. The summed E-state index contributed by atoms with van der Waals surface area (Å²) in [6, 6.07) is 5.95. The topological polar surface area (TPSA) is 51.7 Å². The van der Waals surface area contributed by atoms with Crippen LogP contribution in [0.4, 0.5) is 0 Å². The van der Waals surface area contributed by atoms with E-state index in [4.69, 9.17) is 9.47 Å². The zero-order valence-electron chi connectivity index (χ0n) is 13.5. The summed E-state index contributed by atoms with van der Waals surface area (Å²) < 4.78 is 10.7. The van der Waals surface area contributed by atoms with Crippen molar-refractivity contribution in [3.8, 4) is 11.5 Å². The minimum absolute atomic E-state index is 0.0716. The van der Waals surface area contributed by atoms with Crippen molar-refractivity contribution < 1.29 is 14.3 Å². The van der Waals surface area contributed by atoms with Crippen LogP contribution in [0.3, 0.4) is 0 Å². The maximum absolute atomic E-state index is 12.8. The zero-order valence-corrected chi connectivity index (χ0v) is 14.4. The van der Waals surface area contributed by atoms with Crippen LogP contribution in [0.25, 0.3) is 0 Å². The lowest BCUT2D eigenvalue weighted by Crippen LogP contribution is -2.30. The first kappa shape index (κ1) is 15.8. The zero-order chi connectivity index (χ0) is 16.4. The number of rotatable bonds is 4. The second-order valence-corrected chi connectivity index (χ2v) is 6.39. The molecule has 1 aliphatic heterocycles. The first-order valence-electron chi connectivity index (χ1n) is 7.58. The van der Waals surface area contributed by atoms with E-state index in [1.165, 1.54) is 11.3 Å². The van der Waals surface area contributed by atoms with E-state index in [9.17, 15) is 4.79 Å². The number of carbonyl (C=O) groups is 1. The van der Waals surface area contributed by atoms with Crippen molar-refractivity contribution >= 4 is 17.2 Å². The Morgan fingerprint density at radius 2 is 2.09 bits per heavy atom. The average molecular weight is 332 g/mol. The standard InChI is InChI=1S/C17H20N2O3S/c1-11-16(23-10-18-11)17(20)19-8-4-5-13(19)12-6-7-14(21-2)15(9-12)22-3/h6-7,9-10,13H,4-5,8H2,1-3H3. The van der Waals surface area contributed by atoms with Crippen LogP contribution >= 0.6 is 11.3 Å². The first-order chi connectivity index (χ1) is 11.2. The molecule has 3 rings (SSSR count). The lowest BCUT2D eigenvalue weighted by atomic mass is 10.0. The molecule has 122 valence electrons. The number of thiazole rings is 1. The second-order valence-electron chi connectivity index (χ2n) is 5.54. The van der Waals surface area contributed by atoms with Crippen molar-refractivity contribution in [3.63, 3.8) is 0 Å². The van der Waals surface area contributed by atoms with Gasteiger partial charge in [-0.3, -0.25) is 4.79 Å². The molecular weight excluding hydrogens is 312 g/mol. The maximum Gasteiger partial charge on any atom is 0.266 e. The molecule has 1 fully saturated rings. The molecule has 6 heteroatoms. The van der Waals surface area contributed by atoms with Gasteiger partial charge >= 0.3 is 0 Å². The number of aromatic nitrogens is 1. The van der Waals surface area contributed by atoms with Crippen molar-refractivity contribution in [1.29, 1.82) is 0 Å². The third kappa shape index (κ3) is 2.91. The molecular formula is C17H20N2O3S. The van der Waals surface area contributed by atoms with Crippen LogP contribution < -0.4 is 9.47 Å². The van der Waals surface area contributed by atoms with E-state index in [-0.39, 0.29) is 11.9 Å². The van der Waals surface area contributed by atoms with Crippen LogP contribution in [-0.4, -0.2) is 36.6 Å². The van der Waals surface area contributed by atoms with Crippen LogP contribution in [-0.2, 0) is 0 Å². The average Bonchev–Trinajstić information content (AvgIpc) is 3.22. The molecule has 0 bridgehead atoms. The highest BCUT2D eigenvalue weighted by Gasteiger charge is 2.32. The number of aryl methyl sites for hydroxylation is 1. The minimum atomic E-state index is 0.0716. The lowest BCUT2D eigenvalue weighted by Gasteiger charge is -2.25. The van der Waals surface area contributed by atoms with Gasteiger partial charge in [-0.25, -0.2) is 4.98 Å². The Labute approximate surface area is 139 Å². The molecule has 0 aliphatic carbocycles. The highest BCUT2D eigenvalue weighted by molar-refractivity contribution is 7.11. The molecule has 5 nitrogen and oxygen atoms in total. The summed E-state index contributed by atoms with van der Waals surface area (Å²) in [5.74, 6) is 1.46. The largest absolute Gasteiger partial charge is 0.493 e. The fourth-order valence-electron chi connectivity index (χ4n) is 3.05. The van der Waals surface area contributed by atoms with Gasteiger partial charge < -0.3 is 14.4 Å². The van der Waals surface area contributed by atoms with Crippen LogP contribution in [0, 0.1) is 6.92 Å². The second kappa shape index (κ2) is 6.58. The summed E-state index contributed by atoms with van der Waals surface area (Å²) in [6.45, 7) is 2.65. The number of benzene rings is 1. The molecule has 1 unspecified atom stereocenters. The molecule has 0 spiro atoms. The molecule has 1 aromatic carbocycles. The van der Waals surface area contributed by atoms with Crippen molar-refractivity contribution in [1.82, 2.24) is 9.88 Å². The predicted molar refractivity (Wildman–Crippen MR) is 89.4 cm³/mol. The smallest absolute Gasteiger partial charge is 0.266 e. The summed E-state index contributed by atoms with van der Waals surface area (Å²) in [5, 5.41) is 0. The van der Waals surface area contributed by atoms with E-state index >= 15 is 0 Å². The quantitative estimate of drug-likeness (QED) is 0.860. The molecule has 23 heavy (non-hydrogen) atoms. The number of hydrogen-bond donors (Lipinski definition) is 0. The highest BCUT2D eigenvalue weighted by atomic mass is 32.1. The molecule has 0 N–H and O–H groups in total. The summed E-state index contributed by atoms with van der Waals surface area (Å²) in [4.78, 5) is 19.7. The molecule has 1 atom stereocenters. The summed E-state index contributed by atoms with van der Waals surface area (Å²) in [5.41, 5.74) is 3.61. The number of methoxy groups -OCH3 is 2. The Hall–Kier alpha value is -2.08. The molecule has 1 aromatic heterocycles. The third-order valence-corrected chi connectivity index (χ3v) is 5.16. The fourth-order valence-corrected chi connectivity index (χ4v) is 3.81. The number of amides is 1. The summed E-state index contributed by atoms with van der Waals surface area (Å²) in [7, 11) is 3.25. The van der Waals surface area contributed by atoms with Gasteiger partial charge in [-0.2, -0.15) is 0 Å². The lowest BCUT2D eigenvalue weighted by molar-refractivity contribution is 0.0739. The maximum atomic E-state index is 12.8. The van der Waals surface area contributed by atoms with Gasteiger partial charge in [-0.05, 0) is 37.5 Å². The Morgan fingerprint density at radius 3 is 2.74 bits per heavy atom. The SMILES string of the molecule is COc1ccc(C2CCCN2C(=O)c2scnc2C)cc1OC. The molecule has 2 heterocycles. The van der Waals surface area contributed by atoms with Gasteiger partial charge in [0.15, 0.2) is 11.5 Å². The van der Waals surface area contributed by atoms with Crippen molar-refractivity contribution in [2.75, 3.05) is 20.8 Å². The van der Waals surface area contributed by atoms with Crippen molar-refractivity contribution in [2.45, 2.75) is 25.8 Å². The van der Waals surface area contributed by atoms with Crippen molar-refractivity contribution in [3.05, 3.63) is 39.8 Å². The van der Waals surface area contributed by atoms with Crippen LogP contribution in [0.1, 0.15) is 39.8 Å². The Kier molecular flexibility index (Phi) is 4.52. The molecule has 0 radical (unpaired) electrons. The van der Waals surface area contributed by atoms with Crippen LogP contribution in [0.2, 0.25) is 0 Å². The normalized spacial score (nSPS) is 17.3. The van der Waals surface area contributed by atoms with E-state index < -0.39 is 0 Å². The van der Waals surface area contributed by atoms with E-state index in [0.29, 0.717) is 11.5 Å². The van der Waals surface area contributed by atoms with Gasteiger partial charge in [0.05, 0.1) is 31.5 Å². The van der Waals surface area contributed by atoms with E-state index in [1.807, 2.05) is 30.0 Å². The highest BCUT2D eigenvalue weighted by Crippen LogP contribution is 2.38. The predicted octanol–water partition coefficient (Wildman–Crippen LogP) is 3.45. The Morgan fingerprint density at radius 1 is 1.30 bits per heavy atom. The minimum Gasteiger partial charge on any atom is -0.493 e. The van der Waals surface area contributed by atoms with Crippen LogP contribution in [0.5, 0.6) is 11.5 Å². The van der Waals surface area contributed by atoms with E-state index in [1.54, 1.807) is 19.7 Å².